The number of hydrogen-bond donors (Lipinski definition) is 1. The third-order valence-electron chi connectivity index (χ3n) is 3.31. The van der Waals surface area contributed by atoms with Crippen LogP contribution in [0.5, 0.6) is 0 Å². The zero-order chi connectivity index (χ0) is 12.3. The van der Waals surface area contributed by atoms with Gasteiger partial charge in [-0.05, 0) is 6.92 Å². The quantitative estimate of drug-likeness (QED) is 0.534. The van der Waals surface area contributed by atoms with Gasteiger partial charge in [-0.2, -0.15) is 0 Å². The van der Waals surface area contributed by atoms with E-state index in [4.69, 9.17) is 16.7 Å². The van der Waals surface area contributed by atoms with Crippen molar-refractivity contribution < 1.29 is 23.1 Å². The molecule has 0 spiro atoms. The van der Waals surface area contributed by atoms with Gasteiger partial charge in [0.05, 0.1) is 6.42 Å². The van der Waals surface area contributed by atoms with Crippen LogP contribution >= 0.6 is 11.6 Å². The highest BCUT2D eigenvalue weighted by Crippen LogP contribution is 2.46. The van der Waals surface area contributed by atoms with E-state index in [9.17, 15) is 18.0 Å². The number of nitrogens with zero attached hydrogens (tertiary/aromatic N) is 1. The second-order valence-corrected chi connectivity index (χ2v) is 7.03. The summed E-state index contributed by atoms with van der Waals surface area (Å²) in [7, 11) is -3.71. The summed E-state index contributed by atoms with van der Waals surface area (Å²) in [5.74, 6) is -2.12. The Kier molecular flexibility index (Phi) is 2.26. The third kappa shape index (κ3) is 1.05. The molecule has 1 amide bonds. The van der Waals surface area contributed by atoms with Crippen LogP contribution in [0.15, 0.2) is 0 Å². The number of carboxylic acids is 1. The molecule has 2 saturated heterocycles. The van der Waals surface area contributed by atoms with Crippen molar-refractivity contribution in [1.82, 2.24) is 4.90 Å². The maximum Gasteiger partial charge on any atom is 0.328 e. The first-order chi connectivity index (χ1) is 7.27. The van der Waals surface area contributed by atoms with Crippen LogP contribution in [0.3, 0.4) is 0 Å². The van der Waals surface area contributed by atoms with Crippen LogP contribution in [0.4, 0.5) is 0 Å². The van der Waals surface area contributed by atoms with Crippen LogP contribution in [-0.2, 0) is 19.4 Å². The minimum atomic E-state index is -3.71. The molecule has 0 radical (unpaired) electrons. The van der Waals surface area contributed by atoms with Crippen LogP contribution in [0.2, 0.25) is 0 Å². The molecule has 0 bridgehead atoms. The molecule has 16 heavy (non-hydrogen) atoms. The minimum Gasteiger partial charge on any atom is -0.480 e. The maximum absolute atomic E-state index is 12.0. The van der Waals surface area contributed by atoms with Gasteiger partial charge in [0.2, 0.25) is 5.91 Å². The average Bonchev–Trinajstić information content (AvgIpc) is 2.32. The van der Waals surface area contributed by atoms with E-state index in [-0.39, 0.29) is 12.3 Å². The van der Waals surface area contributed by atoms with E-state index in [1.54, 1.807) is 0 Å². The van der Waals surface area contributed by atoms with Gasteiger partial charge in [-0.25, -0.2) is 13.2 Å². The summed E-state index contributed by atoms with van der Waals surface area (Å²) >= 11 is 5.60. The second kappa shape index (κ2) is 3.10. The number of carbonyl (C=O) groups excluding carboxylic acids is 1. The molecule has 0 saturated carbocycles. The van der Waals surface area contributed by atoms with Crippen LogP contribution in [0, 0.1) is 0 Å². The number of hydrogen-bond acceptors (Lipinski definition) is 4. The second-order valence-electron chi connectivity index (χ2n) is 4.19. The fourth-order valence-electron chi connectivity index (χ4n) is 2.26. The maximum atomic E-state index is 12.0. The van der Waals surface area contributed by atoms with Gasteiger partial charge in [0, 0.05) is 5.88 Å². The lowest BCUT2D eigenvalue weighted by Gasteiger charge is -2.35. The summed E-state index contributed by atoms with van der Waals surface area (Å²) in [6.45, 7) is 1.28. The lowest BCUT2D eigenvalue weighted by Crippen LogP contribution is -2.57. The molecule has 2 rings (SSSR count). The molecule has 0 aromatic rings. The number of rotatable bonds is 2. The summed E-state index contributed by atoms with van der Waals surface area (Å²) in [5.41, 5.74) is 0. The normalized spacial score (nSPS) is 40.4. The van der Waals surface area contributed by atoms with Gasteiger partial charge in [0.15, 0.2) is 15.9 Å². The van der Waals surface area contributed by atoms with Crippen molar-refractivity contribution in [2.24, 2.45) is 0 Å². The van der Waals surface area contributed by atoms with Crippen molar-refractivity contribution in [1.29, 1.82) is 0 Å². The summed E-state index contributed by atoms with van der Waals surface area (Å²) in [5, 5.41) is 8.03. The van der Waals surface area contributed by atoms with E-state index in [2.05, 4.69) is 0 Å². The molecular weight excluding hydrogens is 258 g/mol. The molecule has 1 N–H and O–H groups in total. The van der Waals surface area contributed by atoms with Gasteiger partial charge in [-0.15, -0.1) is 11.6 Å². The van der Waals surface area contributed by atoms with Crippen molar-refractivity contribution in [3.05, 3.63) is 0 Å². The van der Waals surface area contributed by atoms with Crippen molar-refractivity contribution in [3.8, 4) is 0 Å². The minimum absolute atomic E-state index is 0.140. The number of aliphatic carboxylic acids is 1. The molecule has 2 fully saturated rings. The predicted molar refractivity (Wildman–Crippen MR) is 54.7 cm³/mol. The molecule has 2 aliphatic heterocycles. The van der Waals surface area contributed by atoms with E-state index in [0.717, 1.165) is 4.90 Å². The average molecular weight is 268 g/mol. The largest absolute Gasteiger partial charge is 0.480 e. The van der Waals surface area contributed by atoms with Crippen LogP contribution < -0.4 is 0 Å². The molecule has 2 aliphatic rings. The fraction of sp³-hybridized carbons (Fsp3) is 0.750. The lowest BCUT2D eigenvalue weighted by molar-refractivity contribution is -0.157. The number of fused-ring (bicyclic) bond motifs is 1. The smallest absolute Gasteiger partial charge is 0.328 e. The number of carbonyl (C=O) groups is 2. The van der Waals surface area contributed by atoms with Gasteiger partial charge in [0.25, 0.3) is 0 Å². The topological polar surface area (TPSA) is 91.8 Å². The van der Waals surface area contributed by atoms with Gasteiger partial charge < -0.3 is 10.0 Å². The van der Waals surface area contributed by atoms with Crippen molar-refractivity contribution in [2.45, 2.75) is 29.5 Å². The summed E-state index contributed by atoms with van der Waals surface area (Å²) in [6, 6.07) is -1.37. The Bertz CT molecular complexity index is 475. The summed E-state index contributed by atoms with van der Waals surface area (Å²) in [6.07, 6.45) is -0.140. The molecule has 1 unspecified atom stereocenters. The molecule has 0 aliphatic carbocycles. The van der Waals surface area contributed by atoms with Crippen molar-refractivity contribution >= 4 is 33.3 Å². The Balaban J connectivity index is 2.59. The Morgan fingerprint density at radius 1 is 1.69 bits per heavy atom. The molecule has 8 heteroatoms. The zero-order valence-electron chi connectivity index (χ0n) is 8.38. The lowest BCUT2D eigenvalue weighted by atomic mass is 9.98. The number of alkyl halides is 1. The SMILES string of the molecule is C[C@]1(CCl)[C@H](C(=O)O)N2C(=O)CC2S1(=O)=O. The summed E-state index contributed by atoms with van der Waals surface area (Å²) in [4.78, 5) is 23.3. The molecule has 0 aromatic heterocycles. The standard InChI is InChI=1S/C8H10ClNO5S/c1-8(3-9)6(7(12)13)10-4(11)2-5(10)16(8,14)15/h5-6H,2-3H2,1H3,(H,12,13)/t5?,6-,8-/m0/s1. The van der Waals surface area contributed by atoms with Gasteiger partial charge >= 0.3 is 5.97 Å². The van der Waals surface area contributed by atoms with Gasteiger partial charge in [-0.3, -0.25) is 4.79 Å². The Labute approximate surface area is 97.1 Å². The number of carboxylic acid groups (broad SMARTS) is 1. The molecule has 6 nitrogen and oxygen atoms in total. The number of halogens is 1. The van der Waals surface area contributed by atoms with Crippen molar-refractivity contribution in [2.75, 3.05) is 5.88 Å². The first-order valence-electron chi connectivity index (χ1n) is 4.60. The number of β-lactam (4-membered cyclic amide) rings is 1. The van der Waals surface area contributed by atoms with E-state index in [1.807, 2.05) is 0 Å². The first kappa shape index (κ1) is 11.7. The highest BCUT2D eigenvalue weighted by molar-refractivity contribution is 7.94. The Morgan fingerprint density at radius 2 is 2.25 bits per heavy atom. The molecule has 90 valence electrons. The fourth-order valence-corrected chi connectivity index (χ4v) is 5.06. The van der Waals surface area contributed by atoms with E-state index < -0.39 is 37.9 Å². The monoisotopic (exact) mass is 267 g/mol. The van der Waals surface area contributed by atoms with Crippen molar-refractivity contribution in [3.63, 3.8) is 0 Å². The zero-order valence-corrected chi connectivity index (χ0v) is 9.95. The van der Waals surface area contributed by atoms with Gasteiger partial charge in [-0.1, -0.05) is 0 Å². The molecule has 2 heterocycles. The number of sulfone groups is 1. The Morgan fingerprint density at radius 3 is 2.62 bits per heavy atom. The van der Waals surface area contributed by atoms with Crippen LogP contribution in [0.25, 0.3) is 0 Å². The Hall–Kier alpha value is -0.820. The van der Waals surface area contributed by atoms with Crippen LogP contribution in [-0.4, -0.2) is 52.3 Å². The predicted octanol–water partition coefficient (Wildman–Crippen LogP) is -0.576. The van der Waals surface area contributed by atoms with E-state index >= 15 is 0 Å². The molecule has 0 aromatic carbocycles. The first-order valence-corrected chi connectivity index (χ1v) is 6.69. The molecule has 3 atom stereocenters. The molecular formula is C8H10ClNO5S. The van der Waals surface area contributed by atoms with E-state index in [1.165, 1.54) is 6.92 Å². The summed E-state index contributed by atoms with van der Waals surface area (Å²) < 4.78 is 22.5. The number of amides is 1. The van der Waals surface area contributed by atoms with Crippen LogP contribution in [0.1, 0.15) is 13.3 Å². The van der Waals surface area contributed by atoms with Gasteiger partial charge in [0.1, 0.15) is 10.1 Å². The highest BCUT2D eigenvalue weighted by Gasteiger charge is 2.69. The highest BCUT2D eigenvalue weighted by atomic mass is 35.5. The third-order valence-corrected chi connectivity index (χ3v) is 6.80. The van der Waals surface area contributed by atoms with E-state index in [0.29, 0.717) is 0 Å².